The molecule has 1 fully saturated rings. The van der Waals surface area contributed by atoms with Gasteiger partial charge in [0.1, 0.15) is 3.92 Å². The number of nitrogens with zero attached hydrogens (tertiary/aromatic N) is 3. The van der Waals surface area contributed by atoms with Crippen LogP contribution < -0.4 is 5.84 Å². The summed E-state index contributed by atoms with van der Waals surface area (Å²) in [6, 6.07) is 12.5. The van der Waals surface area contributed by atoms with E-state index in [1.54, 1.807) is 40.4 Å². The summed E-state index contributed by atoms with van der Waals surface area (Å²) in [5.41, 5.74) is 2.54. The summed E-state index contributed by atoms with van der Waals surface area (Å²) in [7, 11) is -3.59. The third-order valence-corrected chi connectivity index (χ3v) is 8.60. The minimum atomic E-state index is -3.59. The second kappa shape index (κ2) is 9.86. The minimum absolute atomic E-state index is 0.117. The Labute approximate surface area is 201 Å². The van der Waals surface area contributed by atoms with Crippen molar-refractivity contribution >= 4 is 44.0 Å². The molecule has 1 atom stereocenters. The molecule has 2 aromatic rings. The Morgan fingerprint density at radius 3 is 2.62 bits per heavy atom. The standard InChI is InChI=1S/C22H25IN4O4S/c23-20(22(28)26-11-13-31-14-12-26)18-15-32(29,30)19-7-2-1-6-17(19)21(18)27(24)10-8-16-5-3-4-9-25-16/h1-7,9,20H,8,10-15,24H2. The van der Waals surface area contributed by atoms with Crippen molar-refractivity contribution in [2.45, 2.75) is 15.2 Å². The highest BCUT2D eigenvalue weighted by molar-refractivity contribution is 14.1. The van der Waals surface area contributed by atoms with Gasteiger partial charge >= 0.3 is 0 Å². The van der Waals surface area contributed by atoms with E-state index < -0.39 is 13.8 Å². The van der Waals surface area contributed by atoms with Gasteiger partial charge in [0.25, 0.3) is 0 Å². The maximum atomic E-state index is 13.2. The van der Waals surface area contributed by atoms with Gasteiger partial charge < -0.3 is 14.6 Å². The van der Waals surface area contributed by atoms with Gasteiger partial charge in [-0.05, 0) is 23.8 Å². The van der Waals surface area contributed by atoms with Gasteiger partial charge in [0.05, 0.1) is 29.6 Å². The number of carbonyl (C=O) groups is 1. The molecule has 3 heterocycles. The second-order valence-electron chi connectivity index (χ2n) is 7.69. The third-order valence-electron chi connectivity index (χ3n) is 5.59. The first-order chi connectivity index (χ1) is 15.4. The van der Waals surface area contributed by atoms with Gasteiger partial charge in [-0.15, -0.1) is 0 Å². The first kappa shape index (κ1) is 23.1. The van der Waals surface area contributed by atoms with Gasteiger partial charge in [-0.2, -0.15) is 0 Å². The molecule has 2 aliphatic rings. The molecule has 170 valence electrons. The smallest absolute Gasteiger partial charge is 0.239 e. The topological polar surface area (TPSA) is 106 Å². The van der Waals surface area contributed by atoms with E-state index in [0.29, 0.717) is 56.1 Å². The van der Waals surface area contributed by atoms with Crippen LogP contribution in [0.5, 0.6) is 0 Å². The van der Waals surface area contributed by atoms with Crippen LogP contribution >= 0.6 is 22.6 Å². The number of hydrogen-bond acceptors (Lipinski definition) is 7. The number of benzene rings is 1. The molecule has 1 aromatic carbocycles. The van der Waals surface area contributed by atoms with E-state index in [9.17, 15) is 13.2 Å². The van der Waals surface area contributed by atoms with E-state index in [-0.39, 0.29) is 16.6 Å². The lowest BCUT2D eigenvalue weighted by Gasteiger charge is -2.34. The zero-order valence-electron chi connectivity index (χ0n) is 17.5. The number of amides is 1. The molecule has 0 radical (unpaired) electrons. The number of alkyl halides is 1. The van der Waals surface area contributed by atoms with E-state index in [4.69, 9.17) is 10.6 Å². The largest absolute Gasteiger partial charge is 0.378 e. The van der Waals surface area contributed by atoms with Crippen LogP contribution in [0.4, 0.5) is 0 Å². The number of hydrazine groups is 1. The number of halogens is 1. The number of rotatable bonds is 6. The lowest BCUT2D eigenvalue weighted by atomic mass is 10.0. The fraction of sp³-hybridized carbons (Fsp3) is 0.364. The molecule has 0 bridgehead atoms. The Hall–Kier alpha value is -2.02. The van der Waals surface area contributed by atoms with Crippen molar-refractivity contribution in [1.82, 2.24) is 14.9 Å². The second-order valence-corrected chi connectivity index (χ2v) is 10.9. The summed E-state index contributed by atoms with van der Waals surface area (Å²) in [5, 5.41) is 1.57. The third kappa shape index (κ3) is 4.82. The number of aromatic nitrogens is 1. The van der Waals surface area contributed by atoms with Crippen molar-refractivity contribution in [1.29, 1.82) is 0 Å². The highest BCUT2D eigenvalue weighted by Crippen LogP contribution is 2.38. The molecule has 0 aliphatic carbocycles. The molecule has 0 spiro atoms. The maximum Gasteiger partial charge on any atom is 0.239 e. The predicted molar refractivity (Wildman–Crippen MR) is 129 cm³/mol. The number of morpholine rings is 1. The molecular formula is C22H25IN4O4S. The molecule has 10 heteroatoms. The lowest BCUT2D eigenvalue weighted by Crippen LogP contribution is -2.46. The van der Waals surface area contributed by atoms with Crippen LogP contribution in [-0.4, -0.2) is 71.7 Å². The number of ether oxygens (including phenoxy) is 1. The minimum Gasteiger partial charge on any atom is -0.378 e. The van der Waals surface area contributed by atoms with Gasteiger partial charge in [-0.25, -0.2) is 14.3 Å². The maximum absolute atomic E-state index is 13.2. The number of sulfone groups is 1. The number of hydrogen-bond donors (Lipinski definition) is 1. The highest BCUT2D eigenvalue weighted by Gasteiger charge is 2.38. The normalized spacial score (nSPS) is 18.8. The van der Waals surface area contributed by atoms with Crippen molar-refractivity contribution in [3.05, 3.63) is 65.5 Å². The van der Waals surface area contributed by atoms with Crippen LogP contribution in [0.15, 0.2) is 59.1 Å². The fourth-order valence-corrected chi connectivity index (χ4v) is 6.84. The first-order valence-electron chi connectivity index (χ1n) is 10.4. The van der Waals surface area contributed by atoms with Gasteiger partial charge in [-0.1, -0.05) is 46.9 Å². The zero-order chi connectivity index (χ0) is 22.7. The van der Waals surface area contributed by atoms with E-state index in [1.165, 1.54) is 0 Å². The van der Waals surface area contributed by atoms with Gasteiger partial charge in [0, 0.05) is 43.5 Å². The van der Waals surface area contributed by atoms with Crippen LogP contribution in [-0.2, 0) is 25.8 Å². The molecule has 8 nitrogen and oxygen atoms in total. The molecule has 1 amide bonds. The van der Waals surface area contributed by atoms with Gasteiger partial charge in [0.2, 0.25) is 5.91 Å². The molecule has 32 heavy (non-hydrogen) atoms. The number of fused-ring (bicyclic) bond motifs is 1. The van der Waals surface area contributed by atoms with E-state index in [2.05, 4.69) is 4.98 Å². The van der Waals surface area contributed by atoms with Crippen LogP contribution in [0.25, 0.3) is 5.70 Å². The number of pyridine rings is 1. The van der Waals surface area contributed by atoms with E-state index in [0.717, 1.165) is 5.69 Å². The van der Waals surface area contributed by atoms with E-state index in [1.807, 2.05) is 40.8 Å². The van der Waals surface area contributed by atoms with Crippen molar-refractivity contribution in [2.24, 2.45) is 5.84 Å². The van der Waals surface area contributed by atoms with Crippen molar-refractivity contribution in [3.8, 4) is 0 Å². The lowest BCUT2D eigenvalue weighted by molar-refractivity contribution is -0.133. The Morgan fingerprint density at radius 2 is 1.91 bits per heavy atom. The van der Waals surface area contributed by atoms with Gasteiger partial charge in [0.15, 0.2) is 9.84 Å². The Kier molecular flexibility index (Phi) is 7.13. The molecule has 1 saturated heterocycles. The fourth-order valence-electron chi connectivity index (χ4n) is 3.98. The summed E-state index contributed by atoms with van der Waals surface area (Å²) in [6.45, 7) is 2.39. The van der Waals surface area contributed by atoms with Crippen LogP contribution in [0.2, 0.25) is 0 Å². The summed E-state index contributed by atoms with van der Waals surface area (Å²) in [5.74, 6) is 6.16. The Morgan fingerprint density at radius 1 is 1.19 bits per heavy atom. The summed E-state index contributed by atoms with van der Waals surface area (Å²) < 4.78 is 30.9. The van der Waals surface area contributed by atoms with Crippen molar-refractivity contribution < 1.29 is 17.9 Å². The average Bonchev–Trinajstić information content (AvgIpc) is 2.82. The predicted octanol–water partition coefficient (Wildman–Crippen LogP) is 1.66. The molecule has 1 aromatic heterocycles. The van der Waals surface area contributed by atoms with Crippen LogP contribution in [0.3, 0.4) is 0 Å². The molecule has 0 saturated carbocycles. The Bertz CT molecular complexity index is 1120. The highest BCUT2D eigenvalue weighted by atomic mass is 127. The summed E-state index contributed by atoms with van der Waals surface area (Å²) >= 11 is 2.04. The molecule has 1 unspecified atom stereocenters. The molecular weight excluding hydrogens is 543 g/mol. The Balaban J connectivity index is 1.72. The number of nitrogens with two attached hydrogens (primary N) is 1. The molecule has 2 N–H and O–H groups in total. The average molecular weight is 568 g/mol. The monoisotopic (exact) mass is 568 g/mol. The molecule has 2 aliphatic heterocycles. The van der Waals surface area contributed by atoms with Crippen LogP contribution in [0, 0.1) is 0 Å². The number of carbonyl (C=O) groups excluding carboxylic acids is 1. The van der Waals surface area contributed by atoms with Crippen molar-refractivity contribution in [3.63, 3.8) is 0 Å². The summed E-state index contributed by atoms with van der Waals surface area (Å²) in [6.07, 6.45) is 2.32. The van der Waals surface area contributed by atoms with Crippen LogP contribution in [0.1, 0.15) is 11.3 Å². The van der Waals surface area contributed by atoms with Gasteiger partial charge in [-0.3, -0.25) is 9.78 Å². The van der Waals surface area contributed by atoms with E-state index >= 15 is 0 Å². The zero-order valence-corrected chi connectivity index (χ0v) is 20.5. The SMILES string of the molecule is NN(CCc1ccccn1)C1=C(C(I)C(=O)N2CCOCC2)CS(=O)(=O)c2ccccc21. The molecule has 4 rings (SSSR count). The van der Waals surface area contributed by atoms with Crippen molar-refractivity contribution in [2.75, 3.05) is 38.6 Å². The summed E-state index contributed by atoms with van der Waals surface area (Å²) in [4.78, 5) is 19.5. The quantitative estimate of drug-likeness (QED) is 0.245. The first-order valence-corrected chi connectivity index (χ1v) is 13.3.